The molecule has 0 atom stereocenters. The van der Waals surface area contributed by atoms with Gasteiger partial charge in [-0.2, -0.15) is 0 Å². The molecule has 0 saturated heterocycles. The van der Waals surface area contributed by atoms with Crippen LogP contribution in [0.5, 0.6) is 0 Å². The van der Waals surface area contributed by atoms with E-state index in [1.165, 1.54) is 4.90 Å². The fraction of sp³-hybridized carbons (Fsp3) is 0.857. The lowest BCUT2D eigenvalue weighted by molar-refractivity contribution is -0.155. The Balaban J connectivity index is 4.88. The van der Waals surface area contributed by atoms with Crippen LogP contribution >= 0.6 is 0 Å². The van der Waals surface area contributed by atoms with Crippen LogP contribution in [0.15, 0.2) is 0 Å². The monoisotopic (exact) mass is 288 g/mol. The number of rotatable bonds is 7. The minimum absolute atomic E-state index is 0.379. The smallest absolute Gasteiger partial charge is 0.312 e. The van der Waals surface area contributed by atoms with Crippen molar-refractivity contribution in [3.05, 3.63) is 0 Å². The third-order valence-corrected chi connectivity index (χ3v) is 2.97. The highest BCUT2D eigenvalue weighted by Crippen LogP contribution is 2.13. The number of likely N-dealkylation sites (N-methyl/N-ethyl adjacent to an activating group) is 1. The second-order valence-electron chi connectivity index (χ2n) is 5.50. The van der Waals surface area contributed by atoms with Crippen molar-refractivity contribution >= 4 is 11.8 Å². The number of ether oxygens (including phenoxy) is 2. The molecule has 6 nitrogen and oxygen atoms in total. The van der Waals surface area contributed by atoms with Gasteiger partial charge in [0.2, 0.25) is 0 Å². The third-order valence-electron chi connectivity index (χ3n) is 2.97. The topological polar surface area (TPSA) is 59.1 Å². The van der Waals surface area contributed by atoms with Gasteiger partial charge in [-0.25, -0.2) is 0 Å². The first-order chi connectivity index (χ1) is 9.29. The number of hydrogen-bond acceptors (Lipinski definition) is 4. The summed E-state index contributed by atoms with van der Waals surface area (Å²) in [5.74, 6) is -0.983. The molecule has 0 heterocycles. The molecule has 0 rings (SSSR count). The molecule has 0 saturated carbocycles. The lowest BCUT2D eigenvalue weighted by Gasteiger charge is -2.35. The molecule has 0 radical (unpaired) electrons. The minimum Gasteiger partial charge on any atom is -0.383 e. The zero-order valence-corrected chi connectivity index (χ0v) is 13.6. The molecule has 0 aromatic heterocycles. The maximum atomic E-state index is 12.3. The highest BCUT2D eigenvalue weighted by atomic mass is 16.5. The van der Waals surface area contributed by atoms with E-state index in [1.807, 2.05) is 27.7 Å². The molecule has 0 aliphatic heterocycles. The predicted octanol–water partition coefficient (Wildman–Crippen LogP) is 0.755. The Kier molecular flexibility index (Phi) is 8.41. The van der Waals surface area contributed by atoms with E-state index < -0.39 is 11.8 Å². The molecule has 118 valence electrons. The molecule has 6 heteroatoms. The van der Waals surface area contributed by atoms with E-state index in [0.29, 0.717) is 32.8 Å². The van der Waals surface area contributed by atoms with Gasteiger partial charge < -0.3 is 19.3 Å². The van der Waals surface area contributed by atoms with Crippen molar-refractivity contribution in [1.82, 2.24) is 9.80 Å². The first kappa shape index (κ1) is 18.9. The van der Waals surface area contributed by atoms with E-state index in [2.05, 4.69) is 0 Å². The SMILES string of the molecule is CCN(C(=O)C(=O)N(CCOC)CCOC)C(C)(C)C. The molecule has 0 aromatic rings. The summed E-state index contributed by atoms with van der Waals surface area (Å²) in [6, 6.07) is 0. The molecule has 0 aliphatic rings. The molecule has 2 amide bonds. The highest BCUT2D eigenvalue weighted by Gasteiger charge is 2.32. The van der Waals surface area contributed by atoms with Crippen molar-refractivity contribution in [3.8, 4) is 0 Å². The van der Waals surface area contributed by atoms with Crippen molar-refractivity contribution in [2.75, 3.05) is 47.1 Å². The second-order valence-corrected chi connectivity index (χ2v) is 5.50. The predicted molar refractivity (Wildman–Crippen MR) is 77.5 cm³/mol. The van der Waals surface area contributed by atoms with Crippen LogP contribution in [0.25, 0.3) is 0 Å². The largest absolute Gasteiger partial charge is 0.383 e. The first-order valence-corrected chi connectivity index (χ1v) is 6.88. The molecule has 0 bridgehead atoms. The van der Waals surface area contributed by atoms with Gasteiger partial charge in [0.1, 0.15) is 0 Å². The summed E-state index contributed by atoms with van der Waals surface area (Å²) in [5.41, 5.74) is -0.379. The van der Waals surface area contributed by atoms with Gasteiger partial charge in [-0.1, -0.05) is 0 Å². The number of carbonyl (C=O) groups excluding carboxylic acids is 2. The van der Waals surface area contributed by atoms with Crippen LogP contribution in [0.2, 0.25) is 0 Å². The molecule has 0 unspecified atom stereocenters. The van der Waals surface area contributed by atoms with E-state index in [-0.39, 0.29) is 5.54 Å². The van der Waals surface area contributed by atoms with E-state index in [4.69, 9.17) is 9.47 Å². The number of carbonyl (C=O) groups is 2. The molecule has 0 fully saturated rings. The van der Waals surface area contributed by atoms with E-state index in [9.17, 15) is 9.59 Å². The standard InChI is InChI=1S/C14H28N2O4/c1-7-16(14(2,3)4)13(18)12(17)15(8-10-19-5)9-11-20-6/h7-11H2,1-6H3. The maximum absolute atomic E-state index is 12.3. The van der Waals surface area contributed by atoms with Crippen molar-refractivity contribution in [2.24, 2.45) is 0 Å². The van der Waals surface area contributed by atoms with Crippen LogP contribution in [0.3, 0.4) is 0 Å². The Morgan fingerprint density at radius 1 is 0.950 bits per heavy atom. The average Bonchev–Trinajstić information content (AvgIpc) is 2.37. The Labute approximate surface area is 122 Å². The Morgan fingerprint density at radius 3 is 1.70 bits per heavy atom. The zero-order chi connectivity index (χ0) is 15.8. The van der Waals surface area contributed by atoms with Gasteiger partial charge in [-0.05, 0) is 27.7 Å². The average molecular weight is 288 g/mol. The summed E-state index contributed by atoms with van der Waals surface area (Å²) in [5, 5.41) is 0. The van der Waals surface area contributed by atoms with Gasteiger partial charge in [0.05, 0.1) is 13.2 Å². The highest BCUT2D eigenvalue weighted by molar-refractivity contribution is 6.35. The Morgan fingerprint density at radius 2 is 1.40 bits per heavy atom. The summed E-state index contributed by atoms with van der Waals surface area (Å²) >= 11 is 0. The van der Waals surface area contributed by atoms with Crippen LogP contribution in [0.1, 0.15) is 27.7 Å². The molecule has 20 heavy (non-hydrogen) atoms. The maximum Gasteiger partial charge on any atom is 0.312 e. The van der Waals surface area contributed by atoms with Crippen molar-refractivity contribution in [3.63, 3.8) is 0 Å². The Bertz CT molecular complexity index is 305. The van der Waals surface area contributed by atoms with Gasteiger partial charge >= 0.3 is 11.8 Å². The third kappa shape index (κ3) is 5.88. The second kappa shape index (κ2) is 8.92. The number of hydrogen-bond donors (Lipinski definition) is 0. The Hall–Kier alpha value is -1.14. The van der Waals surface area contributed by atoms with E-state index >= 15 is 0 Å². The lowest BCUT2D eigenvalue weighted by Crippen LogP contribution is -2.53. The van der Waals surface area contributed by atoms with E-state index in [1.54, 1.807) is 19.1 Å². The van der Waals surface area contributed by atoms with Crippen LogP contribution < -0.4 is 0 Å². The fourth-order valence-corrected chi connectivity index (χ4v) is 1.89. The van der Waals surface area contributed by atoms with Crippen LogP contribution in [-0.2, 0) is 19.1 Å². The number of nitrogens with zero attached hydrogens (tertiary/aromatic N) is 2. The van der Waals surface area contributed by atoms with Gasteiger partial charge in [0, 0.05) is 39.4 Å². The van der Waals surface area contributed by atoms with Gasteiger partial charge in [-0.15, -0.1) is 0 Å². The van der Waals surface area contributed by atoms with Crippen molar-refractivity contribution in [1.29, 1.82) is 0 Å². The zero-order valence-electron chi connectivity index (χ0n) is 13.6. The molecule has 0 N–H and O–H groups in total. The van der Waals surface area contributed by atoms with Crippen molar-refractivity contribution in [2.45, 2.75) is 33.2 Å². The normalized spacial score (nSPS) is 11.3. The van der Waals surface area contributed by atoms with Gasteiger partial charge in [-0.3, -0.25) is 9.59 Å². The fourth-order valence-electron chi connectivity index (χ4n) is 1.89. The number of amides is 2. The minimum atomic E-state index is -0.504. The molecule has 0 aliphatic carbocycles. The molecule has 0 aromatic carbocycles. The molecular weight excluding hydrogens is 260 g/mol. The van der Waals surface area contributed by atoms with Crippen LogP contribution in [-0.4, -0.2) is 74.2 Å². The van der Waals surface area contributed by atoms with Gasteiger partial charge in [0.15, 0.2) is 0 Å². The lowest BCUT2D eigenvalue weighted by atomic mass is 10.1. The van der Waals surface area contributed by atoms with Crippen molar-refractivity contribution < 1.29 is 19.1 Å². The quantitative estimate of drug-likeness (QED) is 0.649. The van der Waals surface area contributed by atoms with Gasteiger partial charge in [0.25, 0.3) is 0 Å². The summed E-state index contributed by atoms with van der Waals surface area (Å²) in [4.78, 5) is 27.7. The van der Waals surface area contributed by atoms with Crippen LogP contribution in [0, 0.1) is 0 Å². The summed E-state index contributed by atoms with van der Waals surface area (Å²) in [7, 11) is 3.13. The molecule has 0 spiro atoms. The first-order valence-electron chi connectivity index (χ1n) is 6.88. The summed E-state index contributed by atoms with van der Waals surface area (Å²) < 4.78 is 9.95. The summed E-state index contributed by atoms with van der Waals surface area (Å²) in [6.45, 7) is 9.65. The van der Waals surface area contributed by atoms with E-state index in [0.717, 1.165) is 0 Å². The molecular formula is C14H28N2O4. The van der Waals surface area contributed by atoms with Crippen LogP contribution in [0.4, 0.5) is 0 Å². The summed E-state index contributed by atoms with van der Waals surface area (Å²) in [6.07, 6.45) is 0. The number of methoxy groups -OCH3 is 2.